The second-order valence-electron chi connectivity index (χ2n) is 7.26. The molecule has 2 aliphatic heterocycles. The van der Waals surface area contributed by atoms with Gasteiger partial charge in [0.05, 0.1) is 25.1 Å². The van der Waals surface area contributed by atoms with E-state index in [4.69, 9.17) is 4.74 Å². The molecule has 30 heavy (non-hydrogen) atoms. The van der Waals surface area contributed by atoms with Crippen molar-refractivity contribution in [1.82, 2.24) is 0 Å². The van der Waals surface area contributed by atoms with Gasteiger partial charge < -0.3 is 9.64 Å². The van der Waals surface area contributed by atoms with Crippen LogP contribution >= 0.6 is 11.8 Å². The van der Waals surface area contributed by atoms with Crippen molar-refractivity contribution in [3.05, 3.63) is 90.0 Å². The molecule has 1 fully saturated rings. The number of ether oxygens (including phenoxy) is 1. The highest BCUT2D eigenvalue weighted by molar-refractivity contribution is 8.02. The third-order valence-electron chi connectivity index (χ3n) is 5.56. The summed E-state index contributed by atoms with van der Waals surface area (Å²) in [6.45, 7) is 0.457. The number of rotatable bonds is 4. The first-order valence-electron chi connectivity index (χ1n) is 9.71. The van der Waals surface area contributed by atoms with E-state index in [-0.39, 0.29) is 17.6 Å². The largest absolute Gasteiger partial charge is 0.497 e. The van der Waals surface area contributed by atoms with E-state index < -0.39 is 4.87 Å². The normalized spacial score (nSPS) is 20.2. The topological polar surface area (TPSA) is 49.9 Å². The second kappa shape index (κ2) is 7.22. The number of amides is 2. The van der Waals surface area contributed by atoms with Crippen LogP contribution in [0.3, 0.4) is 0 Å². The number of fused-ring (bicyclic) bond motifs is 2. The number of hydrogen-bond acceptors (Lipinski definition) is 4. The zero-order valence-corrected chi connectivity index (χ0v) is 17.3. The Kier molecular flexibility index (Phi) is 4.51. The van der Waals surface area contributed by atoms with Crippen LogP contribution in [0, 0.1) is 0 Å². The third-order valence-corrected chi connectivity index (χ3v) is 6.94. The van der Waals surface area contributed by atoms with Crippen molar-refractivity contribution < 1.29 is 14.3 Å². The van der Waals surface area contributed by atoms with Gasteiger partial charge >= 0.3 is 0 Å². The lowest BCUT2D eigenvalue weighted by molar-refractivity contribution is -0.123. The van der Waals surface area contributed by atoms with Gasteiger partial charge in [-0.25, -0.2) is 0 Å². The standard InChI is InChI=1S/C24H20N2O3S/c1-29-19-11-7-10-18(14-19)26-22(27)16-30-24(26)20-12-5-6-13-21(20)25(23(24)28)15-17-8-3-2-4-9-17/h2-14H,15-16H2,1H3/t24-/m1/s1. The molecule has 5 rings (SSSR count). The number of carbonyl (C=O) groups is 2. The summed E-state index contributed by atoms with van der Waals surface area (Å²) in [5.74, 6) is 0.715. The Balaban J connectivity index is 1.65. The first kappa shape index (κ1) is 18.8. The minimum Gasteiger partial charge on any atom is -0.497 e. The third kappa shape index (κ3) is 2.71. The van der Waals surface area contributed by atoms with Crippen molar-refractivity contribution in [3.8, 4) is 5.75 Å². The number of benzene rings is 3. The molecule has 0 radical (unpaired) electrons. The molecule has 2 aliphatic rings. The average Bonchev–Trinajstić information content (AvgIpc) is 3.26. The number of carbonyl (C=O) groups excluding carboxylic acids is 2. The van der Waals surface area contributed by atoms with Gasteiger partial charge in [-0.3, -0.25) is 14.5 Å². The van der Waals surface area contributed by atoms with E-state index >= 15 is 0 Å². The molecule has 5 nitrogen and oxygen atoms in total. The Morgan fingerprint density at radius 3 is 2.53 bits per heavy atom. The van der Waals surface area contributed by atoms with Gasteiger partial charge in [-0.15, -0.1) is 11.8 Å². The smallest absolute Gasteiger partial charge is 0.269 e. The Morgan fingerprint density at radius 2 is 1.73 bits per heavy atom. The Morgan fingerprint density at radius 1 is 0.967 bits per heavy atom. The molecule has 1 atom stereocenters. The summed E-state index contributed by atoms with van der Waals surface area (Å²) in [5, 5.41) is 0. The van der Waals surface area contributed by atoms with Gasteiger partial charge in [-0.05, 0) is 23.8 Å². The van der Waals surface area contributed by atoms with E-state index in [1.807, 2.05) is 72.8 Å². The van der Waals surface area contributed by atoms with E-state index in [0.29, 0.717) is 18.0 Å². The van der Waals surface area contributed by atoms with E-state index in [9.17, 15) is 9.59 Å². The highest BCUT2D eigenvalue weighted by atomic mass is 32.2. The highest BCUT2D eigenvalue weighted by Gasteiger charge is 2.60. The van der Waals surface area contributed by atoms with Gasteiger partial charge in [0, 0.05) is 17.3 Å². The summed E-state index contributed by atoms with van der Waals surface area (Å²) < 4.78 is 5.36. The van der Waals surface area contributed by atoms with Gasteiger partial charge in [0.25, 0.3) is 5.91 Å². The molecule has 2 amide bonds. The van der Waals surface area contributed by atoms with Crippen molar-refractivity contribution in [3.63, 3.8) is 0 Å². The molecule has 1 spiro atoms. The molecular weight excluding hydrogens is 396 g/mol. The number of anilines is 2. The summed E-state index contributed by atoms with van der Waals surface area (Å²) >= 11 is 1.39. The predicted molar refractivity (Wildman–Crippen MR) is 119 cm³/mol. The van der Waals surface area contributed by atoms with Crippen molar-refractivity contribution in [2.75, 3.05) is 22.7 Å². The van der Waals surface area contributed by atoms with Crippen LogP contribution in [0.2, 0.25) is 0 Å². The average molecular weight is 417 g/mol. The van der Waals surface area contributed by atoms with Gasteiger partial charge in [0.15, 0.2) is 0 Å². The molecule has 0 N–H and O–H groups in total. The lowest BCUT2D eigenvalue weighted by atomic mass is 10.0. The Hall–Kier alpha value is -3.25. The molecule has 3 aromatic rings. The van der Waals surface area contributed by atoms with Crippen LogP contribution in [0.4, 0.5) is 11.4 Å². The number of thioether (sulfide) groups is 1. The van der Waals surface area contributed by atoms with Crippen molar-refractivity contribution in [2.24, 2.45) is 0 Å². The minimum atomic E-state index is -1.10. The van der Waals surface area contributed by atoms with E-state index in [0.717, 1.165) is 16.8 Å². The number of nitrogens with zero attached hydrogens (tertiary/aromatic N) is 2. The molecule has 0 saturated carbocycles. The fourth-order valence-electron chi connectivity index (χ4n) is 4.23. The molecule has 0 aliphatic carbocycles. The molecule has 0 bridgehead atoms. The quantitative estimate of drug-likeness (QED) is 0.640. The molecule has 3 aromatic carbocycles. The molecule has 150 valence electrons. The van der Waals surface area contributed by atoms with Crippen LogP contribution in [-0.2, 0) is 21.0 Å². The SMILES string of the molecule is COc1cccc(N2C(=O)CS[C@]23C(=O)N(Cc2ccccc2)c2ccccc23)c1. The first-order chi connectivity index (χ1) is 14.6. The minimum absolute atomic E-state index is 0.0852. The van der Waals surface area contributed by atoms with Crippen molar-refractivity contribution >= 4 is 35.0 Å². The van der Waals surface area contributed by atoms with Crippen molar-refractivity contribution in [1.29, 1.82) is 0 Å². The van der Waals surface area contributed by atoms with Crippen LogP contribution in [0.5, 0.6) is 5.75 Å². The van der Waals surface area contributed by atoms with Crippen LogP contribution in [0.15, 0.2) is 78.9 Å². The maximum Gasteiger partial charge on any atom is 0.269 e. The molecule has 2 heterocycles. The number of hydrogen-bond donors (Lipinski definition) is 0. The van der Waals surface area contributed by atoms with Crippen LogP contribution in [0.25, 0.3) is 0 Å². The summed E-state index contributed by atoms with van der Waals surface area (Å²) in [5.41, 5.74) is 3.40. The number of methoxy groups -OCH3 is 1. The summed E-state index contributed by atoms with van der Waals surface area (Å²) in [6, 6.07) is 25.0. The van der Waals surface area contributed by atoms with E-state index in [1.54, 1.807) is 23.0 Å². The zero-order chi connectivity index (χ0) is 20.7. The lowest BCUT2D eigenvalue weighted by Crippen LogP contribution is -2.49. The Bertz CT molecular complexity index is 1130. The maximum absolute atomic E-state index is 14.0. The van der Waals surface area contributed by atoms with Gasteiger partial charge in [0.2, 0.25) is 10.8 Å². The number of para-hydroxylation sites is 1. The monoisotopic (exact) mass is 416 g/mol. The molecule has 0 unspecified atom stereocenters. The molecule has 6 heteroatoms. The van der Waals surface area contributed by atoms with E-state index in [1.165, 1.54) is 11.8 Å². The first-order valence-corrected chi connectivity index (χ1v) is 10.7. The fourth-order valence-corrected chi connectivity index (χ4v) is 5.59. The van der Waals surface area contributed by atoms with Crippen LogP contribution in [0.1, 0.15) is 11.1 Å². The van der Waals surface area contributed by atoms with Gasteiger partial charge in [-0.1, -0.05) is 54.6 Å². The molecular formula is C24H20N2O3S. The van der Waals surface area contributed by atoms with E-state index in [2.05, 4.69) is 0 Å². The predicted octanol–water partition coefficient (Wildman–Crippen LogP) is 4.17. The van der Waals surface area contributed by atoms with Crippen molar-refractivity contribution in [2.45, 2.75) is 11.4 Å². The van der Waals surface area contributed by atoms with Gasteiger partial charge in [0.1, 0.15) is 5.75 Å². The molecule has 0 aromatic heterocycles. The Labute approximate surface area is 179 Å². The zero-order valence-electron chi connectivity index (χ0n) is 16.4. The highest BCUT2D eigenvalue weighted by Crippen LogP contribution is 2.56. The van der Waals surface area contributed by atoms with Gasteiger partial charge in [-0.2, -0.15) is 0 Å². The maximum atomic E-state index is 14.0. The second-order valence-corrected chi connectivity index (χ2v) is 8.43. The fraction of sp³-hybridized carbons (Fsp3) is 0.167. The van der Waals surface area contributed by atoms with Crippen LogP contribution < -0.4 is 14.5 Å². The molecule has 1 saturated heterocycles. The summed E-state index contributed by atoms with van der Waals surface area (Å²) in [4.78, 5) is 29.3. The van der Waals surface area contributed by atoms with Crippen LogP contribution in [-0.4, -0.2) is 24.7 Å². The summed E-state index contributed by atoms with van der Waals surface area (Å²) in [6.07, 6.45) is 0. The summed E-state index contributed by atoms with van der Waals surface area (Å²) in [7, 11) is 1.59. The lowest BCUT2D eigenvalue weighted by Gasteiger charge is -2.33.